The second-order valence-corrected chi connectivity index (χ2v) is 9.65. The van der Waals surface area contributed by atoms with Gasteiger partial charge in [0.25, 0.3) is 0 Å². The summed E-state index contributed by atoms with van der Waals surface area (Å²) in [6.07, 6.45) is -1.21. The highest BCUT2D eigenvalue weighted by Gasteiger charge is 2.64. The Labute approximate surface area is 214 Å². The zero-order chi connectivity index (χ0) is 26.1. The molecular weight excluding hydrogens is 505 g/mol. The summed E-state index contributed by atoms with van der Waals surface area (Å²) in [6.45, 7) is 0. The van der Waals surface area contributed by atoms with Gasteiger partial charge in [-0.2, -0.15) is 13.2 Å². The van der Waals surface area contributed by atoms with E-state index < -0.39 is 58.9 Å². The first-order chi connectivity index (χ1) is 17.7. The number of imide groups is 1. The number of alkyl halides is 3. The van der Waals surface area contributed by atoms with E-state index in [0.29, 0.717) is 15.6 Å². The van der Waals surface area contributed by atoms with Crippen LogP contribution >= 0.6 is 11.6 Å². The predicted octanol–water partition coefficient (Wildman–Crippen LogP) is 5.63. The Morgan fingerprint density at radius 3 is 2.14 bits per heavy atom. The third-order valence-electron chi connectivity index (χ3n) is 7.26. The molecule has 0 aromatic heterocycles. The average molecular weight is 523 g/mol. The van der Waals surface area contributed by atoms with Crippen molar-refractivity contribution in [2.45, 2.75) is 18.3 Å². The fraction of sp³-hybridized carbons (Fsp3) is 0.179. The van der Waals surface area contributed by atoms with Crippen LogP contribution < -0.4 is 9.80 Å². The van der Waals surface area contributed by atoms with Gasteiger partial charge in [0, 0.05) is 16.3 Å². The molecule has 0 aliphatic carbocycles. The zero-order valence-electron chi connectivity index (χ0n) is 19.0. The van der Waals surface area contributed by atoms with E-state index in [1.54, 1.807) is 35.2 Å². The smallest absolute Gasteiger partial charge is 0.352 e. The molecule has 2 amide bonds. The molecule has 2 fully saturated rings. The molecule has 3 aromatic carbocycles. The molecule has 5 nitrogen and oxygen atoms in total. The number of anilines is 2. The molecule has 9 heteroatoms. The van der Waals surface area contributed by atoms with E-state index in [1.807, 2.05) is 18.2 Å². The number of hydrogen-bond donors (Lipinski definition) is 0. The summed E-state index contributed by atoms with van der Waals surface area (Å²) in [5.74, 6) is -4.18. The van der Waals surface area contributed by atoms with E-state index in [9.17, 15) is 27.6 Å². The number of amides is 2. The number of Topliss-reactive ketones (excluding diaryl/α,β-unsaturated/α-hetero) is 1. The quantitative estimate of drug-likeness (QED) is 0.330. The highest BCUT2D eigenvalue weighted by atomic mass is 35.5. The van der Waals surface area contributed by atoms with Crippen molar-refractivity contribution < 1.29 is 27.6 Å². The molecule has 0 radical (unpaired) electrons. The number of carbonyl (C=O) groups excluding carboxylic acids is 3. The first-order valence-electron chi connectivity index (χ1n) is 11.6. The third kappa shape index (κ3) is 3.50. The summed E-state index contributed by atoms with van der Waals surface area (Å²) < 4.78 is 41.4. The molecule has 0 bridgehead atoms. The molecule has 3 aromatic rings. The minimum Gasteiger partial charge on any atom is -0.352 e. The minimum absolute atomic E-state index is 0.287. The van der Waals surface area contributed by atoms with E-state index in [1.165, 1.54) is 24.3 Å². The number of para-hydroxylation sites is 2. The van der Waals surface area contributed by atoms with Gasteiger partial charge in [-0.25, -0.2) is 4.90 Å². The summed E-state index contributed by atoms with van der Waals surface area (Å²) >= 11 is 6.00. The molecule has 186 valence electrons. The highest BCUT2D eigenvalue weighted by molar-refractivity contribution is 6.30. The van der Waals surface area contributed by atoms with E-state index in [2.05, 4.69) is 0 Å². The lowest BCUT2D eigenvalue weighted by atomic mass is 9.86. The van der Waals surface area contributed by atoms with Crippen molar-refractivity contribution >= 4 is 46.6 Å². The molecule has 6 rings (SSSR count). The van der Waals surface area contributed by atoms with Gasteiger partial charge in [-0.15, -0.1) is 0 Å². The number of halogens is 4. The molecular formula is C28H18ClF3N2O3. The van der Waals surface area contributed by atoms with Gasteiger partial charge in [-0.1, -0.05) is 54.1 Å². The fourth-order valence-electron chi connectivity index (χ4n) is 5.74. The van der Waals surface area contributed by atoms with Crippen molar-refractivity contribution in [2.24, 2.45) is 11.8 Å². The van der Waals surface area contributed by atoms with Crippen LogP contribution in [0.5, 0.6) is 0 Å². The van der Waals surface area contributed by atoms with Gasteiger partial charge in [0.15, 0.2) is 5.78 Å². The van der Waals surface area contributed by atoms with Crippen LogP contribution in [0, 0.1) is 11.8 Å². The minimum atomic E-state index is -4.77. The van der Waals surface area contributed by atoms with Gasteiger partial charge < -0.3 is 4.90 Å². The molecule has 0 spiro atoms. The van der Waals surface area contributed by atoms with Crippen LogP contribution in [-0.2, 0) is 15.8 Å². The number of ketones is 1. The molecule has 0 saturated carbocycles. The van der Waals surface area contributed by atoms with Crippen LogP contribution in [0.2, 0.25) is 5.02 Å². The van der Waals surface area contributed by atoms with Gasteiger partial charge in [-0.05, 0) is 48.0 Å². The Morgan fingerprint density at radius 2 is 1.43 bits per heavy atom. The van der Waals surface area contributed by atoms with Crippen molar-refractivity contribution in [2.75, 3.05) is 9.80 Å². The SMILES string of the molecule is O=C(c1ccc(Cl)cc1)[C@H]1[C@H]2C(=O)N(c3ccccc3C(F)(F)F)C(=O)[C@H]2[C@@H]2C=Cc3ccccc3N21. The summed E-state index contributed by atoms with van der Waals surface area (Å²) in [5, 5.41) is 0.423. The standard InChI is InChI=1S/C28H18ClF3N2O3/c29-17-12-9-16(10-13-17)25(35)24-23-22(21-14-11-15-5-1-3-7-19(15)33(21)24)26(36)34(27(23)37)20-8-4-2-6-18(20)28(30,31)32/h1-14,21-24H/t21-,22-,23-,24+/m0/s1. The zero-order valence-corrected chi connectivity index (χ0v) is 19.8. The van der Waals surface area contributed by atoms with Gasteiger partial charge in [0.05, 0.1) is 29.1 Å². The molecule has 3 heterocycles. The second-order valence-electron chi connectivity index (χ2n) is 9.21. The van der Waals surface area contributed by atoms with Crippen molar-refractivity contribution in [3.05, 3.63) is 101 Å². The monoisotopic (exact) mass is 522 g/mol. The molecule has 37 heavy (non-hydrogen) atoms. The van der Waals surface area contributed by atoms with Gasteiger partial charge >= 0.3 is 6.18 Å². The number of fused-ring (bicyclic) bond motifs is 5. The Morgan fingerprint density at radius 1 is 0.811 bits per heavy atom. The van der Waals surface area contributed by atoms with E-state index in [-0.39, 0.29) is 5.56 Å². The van der Waals surface area contributed by atoms with Gasteiger partial charge in [0.1, 0.15) is 6.04 Å². The molecule has 3 aliphatic rings. The number of rotatable bonds is 3. The fourth-order valence-corrected chi connectivity index (χ4v) is 5.87. The Balaban J connectivity index is 1.51. The van der Waals surface area contributed by atoms with Crippen molar-refractivity contribution in [3.63, 3.8) is 0 Å². The van der Waals surface area contributed by atoms with Gasteiger partial charge in [-0.3, -0.25) is 14.4 Å². The lowest BCUT2D eigenvalue weighted by molar-refractivity contribution is -0.137. The molecule has 0 N–H and O–H groups in total. The lowest BCUT2D eigenvalue weighted by Gasteiger charge is -2.36. The van der Waals surface area contributed by atoms with Crippen molar-refractivity contribution in [1.29, 1.82) is 0 Å². The number of benzene rings is 3. The van der Waals surface area contributed by atoms with Crippen LogP contribution in [0.1, 0.15) is 21.5 Å². The van der Waals surface area contributed by atoms with Gasteiger partial charge in [0.2, 0.25) is 11.8 Å². The predicted molar refractivity (Wildman–Crippen MR) is 132 cm³/mol. The summed E-state index contributed by atoms with van der Waals surface area (Å²) in [5.41, 5.74) is 0.170. The van der Waals surface area contributed by atoms with Crippen LogP contribution in [0.3, 0.4) is 0 Å². The lowest BCUT2D eigenvalue weighted by Crippen LogP contribution is -2.49. The van der Waals surface area contributed by atoms with E-state index in [0.717, 1.165) is 17.7 Å². The van der Waals surface area contributed by atoms with E-state index in [4.69, 9.17) is 11.6 Å². The maximum absolute atomic E-state index is 13.9. The Kier molecular flexibility index (Phi) is 5.28. The highest BCUT2D eigenvalue weighted by Crippen LogP contribution is 2.51. The number of hydrogen-bond acceptors (Lipinski definition) is 4. The van der Waals surface area contributed by atoms with E-state index >= 15 is 0 Å². The first kappa shape index (κ1) is 23.5. The first-order valence-corrected chi connectivity index (χ1v) is 12.0. The average Bonchev–Trinajstić information content (AvgIpc) is 3.36. The van der Waals surface area contributed by atoms with Crippen molar-refractivity contribution in [1.82, 2.24) is 0 Å². The Bertz CT molecular complexity index is 1480. The Hall–Kier alpha value is -3.91. The molecule has 2 saturated heterocycles. The maximum Gasteiger partial charge on any atom is 0.418 e. The van der Waals surface area contributed by atoms with Crippen LogP contribution in [-0.4, -0.2) is 29.7 Å². The summed E-state index contributed by atoms with van der Waals surface area (Å²) in [7, 11) is 0. The van der Waals surface area contributed by atoms with Crippen LogP contribution in [0.25, 0.3) is 6.08 Å². The summed E-state index contributed by atoms with van der Waals surface area (Å²) in [4.78, 5) is 43.9. The van der Waals surface area contributed by atoms with Crippen LogP contribution in [0.4, 0.5) is 24.5 Å². The number of carbonyl (C=O) groups is 3. The molecule has 0 unspecified atom stereocenters. The topological polar surface area (TPSA) is 57.7 Å². The second kappa shape index (κ2) is 8.31. The molecule has 3 aliphatic heterocycles. The maximum atomic E-state index is 13.9. The van der Waals surface area contributed by atoms with Crippen molar-refractivity contribution in [3.8, 4) is 0 Å². The largest absolute Gasteiger partial charge is 0.418 e. The third-order valence-corrected chi connectivity index (χ3v) is 7.51. The normalized spacial score (nSPS) is 24.2. The number of nitrogens with zero attached hydrogens (tertiary/aromatic N) is 2. The summed E-state index contributed by atoms with van der Waals surface area (Å²) in [6, 6.07) is 16.2. The van der Waals surface area contributed by atoms with Crippen LogP contribution in [0.15, 0.2) is 78.9 Å². The molecule has 4 atom stereocenters.